The quantitative estimate of drug-likeness (QED) is 0.535. The maximum absolute atomic E-state index is 11.9. The van der Waals surface area contributed by atoms with E-state index in [1.807, 2.05) is 39.0 Å². The zero-order chi connectivity index (χ0) is 11.4. The fourth-order valence-corrected chi connectivity index (χ4v) is 1.71. The van der Waals surface area contributed by atoms with Crippen molar-refractivity contribution >= 4 is 5.78 Å². The van der Waals surface area contributed by atoms with E-state index in [9.17, 15) is 4.79 Å². The van der Waals surface area contributed by atoms with Gasteiger partial charge >= 0.3 is 0 Å². The summed E-state index contributed by atoms with van der Waals surface area (Å²) in [5, 5.41) is 0. The largest absolute Gasteiger partial charge is 0.294 e. The van der Waals surface area contributed by atoms with E-state index in [2.05, 4.69) is 6.58 Å². The maximum Gasteiger partial charge on any atom is 0.163 e. The summed E-state index contributed by atoms with van der Waals surface area (Å²) in [6.07, 6.45) is 1.35. The van der Waals surface area contributed by atoms with E-state index in [1.54, 1.807) is 0 Å². The van der Waals surface area contributed by atoms with Crippen molar-refractivity contribution in [2.45, 2.75) is 33.6 Å². The standard InChI is InChI=1S/C14H18O/c1-10(2)8-9-13(15)14-11(3)6-5-7-12(14)4/h5-7H,1,8-9H2,2-4H3. The first-order valence-corrected chi connectivity index (χ1v) is 5.26. The topological polar surface area (TPSA) is 17.1 Å². The first-order chi connectivity index (χ1) is 7.02. The number of ketones is 1. The number of carbonyl (C=O) groups excluding carboxylic acids is 1. The van der Waals surface area contributed by atoms with Crippen LogP contribution in [0.2, 0.25) is 0 Å². The Morgan fingerprint density at radius 3 is 2.20 bits per heavy atom. The average molecular weight is 202 g/mol. The van der Waals surface area contributed by atoms with Crippen LogP contribution in [0.3, 0.4) is 0 Å². The van der Waals surface area contributed by atoms with Gasteiger partial charge in [-0.1, -0.05) is 23.8 Å². The zero-order valence-corrected chi connectivity index (χ0v) is 9.76. The third kappa shape index (κ3) is 3.05. The summed E-state index contributed by atoms with van der Waals surface area (Å²) in [6, 6.07) is 5.96. The first kappa shape index (κ1) is 11.7. The number of rotatable bonds is 4. The molecule has 80 valence electrons. The molecule has 0 radical (unpaired) electrons. The molecular formula is C14H18O. The number of benzene rings is 1. The fourth-order valence-electron chi connectivity index (χ4n) is 1.71. The lowest BCUT2D eigenvalue weighted by Gasteiger charge is -2.08. The summed E-state index contributed by atoms with van der Waals surface area (Å²) in [5.74, 6) is 0.230. The Labute approximate surface area is 91.8 Å². The normalized spacial score (nSPS) is 10.1. The number of hydrogen-bond donors (Lipinski definition) is 0. The lowest BCUT2D eigenvalue weighted by atomic mass is 9.96. The number of hydrogen-bond acceptors (Lipinski definition) is 1. The van der Waals surface area contributed by atoms with Crippen molar-refractivity contribution in [2.24, 2.45) is 0 Å². The van der Waals surface area contributed by atoms with Crippen molar-refractivity contribution in [3.8, 4) is 0 Å². The summed E-state index contributed by atoms with van der Waals surface area (Å²) >= 11 is 0. The van der Waals surface area contributed by atoms with Gasteiger partial charge in [0.2, 0.25) is 0 Å². The van der Waals surface area contributed by atoms with E-state index < -0.39 is 0 Å². The third-order valence-corrected chi connectivity index (χ3v) is 2.54. The highest BCUT2D eigenvalue weighted by Gasteiger charge is 2.10. The van der Waals surface area contributed by atoms with Gasteiger partial charge < -0.3 is 0 Å². The van der Waals surface area contributed by atoms with Crippen LogP contribution in [0.5, 0.6) is 0 Å². The summed E-state index contributed by atoms with van der Waals surface area (Å²) in [4.78, 5) is 11.9. The van der Waals surface area contributed by atoms with Gasteiger partial charge in [0.1, 0.15) is 0 Å². The van der Waals surface area contributed by atoms with Gasteiger partial charge in [-0.25, -0.2) is 0 Å². The van der Waals surface area contributed by atoms with Crippen LogP contribution in [-0.4, -0.2) is 5.78 Å². The fraction of sp³-hybridized carbons (Fsp3) is 0.357. The molecule has 0 aliphatic carbocycles. The molecule has 0 saturated carbocycles. The lowest BCUT2D eigenvalue weighted by molar-refractivity contribution is 0.0981. The molecule has 1 aromatic rings. The number of aryl methyl sites for hydroxylation is 2. The maximum atomic E-state index is 11.9. The summed E-state index contributed by atoms with van der Waals surface area (Å²) in [5.41, 5.74) is 4.09. The Morgan fingerprint density at radius 2 is 1.73 bits per heavy atom. The van der Waals surface area contributed by atoms with E-state index in [1.165, 1.54) is 0 Å². The molecule has 0 amide bonds. The second-order valence-electron chi connectivity index (χ2n) is 4.15. The van der Waals surface area contributed by atoms with Gasteiger partial charge in [0, 0.05) is 12.0 Å². The molecule has 15 heavy (non-hydrogen) atoms. The van der Waals surface area contributed by atoms with Gasteiger partial charge in [-0.2, -0.15) is 0 Å². The van der Waals surface area contributed by atoms with Gasteiger partial charge in [0.15, 0.2) is 5.78 Å². The van der Waals surface area contributed by atoms with E-state index in [4.69, 9.17) is 0 Å². The van der Waals surface area contributed by atoms with Gasteiger partial charge in [-0.3, -0.25) is 4.79 Å². The molecule has 1 rings (SSSR count). The lowest BCUT2D eigenvalue weighted by Crippen LogP contribution is -2.04. The van der Waals surface area contributed by atoms with Gasteiger partial charge in [-0.15, -0.1) is 6.58 Å². The van der Waals surface area contributed by atoms with E-state index >= 15 is 0 Å². The van der Waals surface area contributed by atoms with Crippen molar-refractivity contribution in [1.29, 1.82) is 0 Å². The average Bonchev–Trinajstić information content (AvgIpc) is 2.14. The third-order valence-electron chi connectivity index (χ3n) is 2.54. The molecule has 0 N–H and O–H groups in total. The smallest absolute Gasteiger partial charge is 0.163 e. The molecule has 0 bridgehead atoms. The minimum atomic E-state index is 0.230. The SMILES string of the molecule is C=C(C)CCC(=O)c1c(C)cccc1C. The monoisotopic (exact) mass is 202 g/mol. The second kappa shape index (κ2) is 4.92. The Morgan fingerprint density at radius 1 is 1.20 bits per heavy atom. The molecule has 0 unspecified atom stereocenters. The van der Waals surface area contributed by atoms with E-state index in [0.717, 1.165) is 28.7 Å². The summed E-state index contributed by atoms with van der Waals surface area (Å²) < 4.78 is 0. The molecule has 0 aliphatic rings. The van der Waals surface area contributed by atoms with Crippen molar-refractivity contribution in [1.82, 2.24) is 0 Å². The molecule has 0 atom stereocenters. The molecule has 0 heterocycles. The molecule has 1 nitrogen and oxygen atoms in total. The Kier molecular flexibility index (Phi) is 3.84. The van der Waals surface area contributed by atoms with Gasteiger partial charge in [-0.05, 0) is 38.3 Å². The highest BCUT2D eigenvalue weighted by Crippen LogP contribution is 2.17. The Hall–Kier alpha value is -1.37. The van der Waals surface area contributed by atoms with E-state index in [0.29, 0.717) is 6.42 Å². The van der Waals surface area contributed by atoms with Crippen LogP contribution in [-0.2, 0) is 0 Å². The Balaban J connectivity index is 2.86. The van der Waals surface area contributed by atoms with Crippen LogP contribution in [0.4, 0.5) is 0 Å². The van der Waals surface area contributed by atoms with Crippen LogP contribution in [0.15, 0.2) is 30.4 Å². The molecule has 0 aliphatic heterocycles. The van der Waals surface area contributed by atoms with Crippen molar-refractivity contribution in [3.63, 3.8) is 0 Å². The predicted molar refractivity (Wildman–Crippen MR) is 64.3 cm³/mol. The number of allylic oxidation sites excluding steroid dienone is 1. The van der Waals surface area contributed by atoms with Gasteiger partial charge in [0.25, 0.3) is 0 Å². The molecule has 1 heteroatoms. The van der Waals surface area contributed by atoms with Crippen molar-refractivity contribution in [3.05, 3.63) is 47.0 Å². The minimum Gasteiger partial charge on any atom is -0.294 e. The van der Waals surface area contributed by atoms with Gasteiger partial charge in [0.05, 0.1) is 0 Å². The first-order valence-electron chi connectivity index (χ1n) is 5.26. The molecule has 1 aromatic carbocycles. The molecule has 0 fully saturated rings. The van der Waals surface area contributed by atoms with Crippen LogP contribution in [0.1, 0.15) is 41.3 Å². The van der Waals surface area contributed by atoms with Crippen LogP contribution in [0.25, 0.3) is 0 Å². The Bertz CT molecular complexity index is 368. The summed E-state index contributed by atoms with van der Waals surface area (Å²) in [6.45, 7) is 9.74. The van der Waals surface area contributed by atoms with Crippen molar-refractivity contribution in [2.75, 3.05) is 0 Å². The summed E-state index contributed by atoms with van der Waals surface area (Å²) in [7, 11) is 0. The minimum absolute atomic E-state index is 0.230. The molecule has 0 aromatic heterocycles. The van der Waals surface area contributed by atoms with Crippen LogP contribution < -0.4 is 0 Å². The van der Waals surface area contributed by atoms with Crippen LogP contribution >= 0.6 is 0 Å². The van der Waals surface area contributed by atoms with Crippen molar-refractivity contribution < 1.29 is 4.79 Å². The number of carbonyl (C=O) groups is 1. The molecular weight excluding hydrogens is 184 g/mol. The van der Waals surface area contributed by atoms with Crippen LogP contribution in [0, 0.1) is 13.8 Å². The zero-order valence-electron chi connectivity index (χ0n) is 9.76. The predicted octanol–water partition coefficient (Wildman–Crippen LogP) is 3.84. The highest BCUT2D eigenvalue weighted by atomic mass is 16.1. The second-order valence-corrected chi connectivity index (χ2v) is 4.15. The number of Topliss-reactive ketones (excluding diaryl/α,β-unsaturated/α-hetero) is 1. The molecule has 0 spiro atoms. The molecule has 0 saturated heterocycles. The van der Waals surface area contributed by atoms with E-state index in [-0.39, 0.29) is 5.78 Å². The highest BCUT2D eigenvalue weighted by molar-refractivity contribution is 5.98.